The molecule has 0 saturated carbocycles. The second-order valence-corrected chi connectivity index (χ2v) is 11.6. The molecule has 1 unspecified atom stereocenters. The first kappa shape index (κ1) is 25.7. The van der Waals surface area contributed by atoms with E-state index in [9.17, 15) is 18.0 Å². The van der Waals surface area contributed by atoms with Gasteiger partial charge in [0.1, 0.15) is 11.9 Å². The van der Waals surface area contributed by atoms with Crippen molar-refractivity contribution in [2.75, 3.05) is 31.6 Å². The SMILES string of the molecule is CNC(=O)C(NC(=O)c1nc(-c2ccc(NS(C)(=O)=O)cc2)n2c1CN(C)CCC2)C(C)(C)C. The van der Waals surface area contributed by atoms with Crippen LogP contribution >= 0.6 is 0 Å². The molecule has 1 atom stereocenters. The number of fused-ring (bicyclic) bond motifs is 1. The highest BCUT2D eigenvalue weighted by Crippen LogP contribution is 2.28. The predicted octanol–water partition coefficient (Wildman–Crippen LogP) is 1.65. The minimum Gasteiger partial charge on any atom is -0.357 e. The molecule has 2 heterocycles. The molecule has 1 aliphatic rings. The van der Waals surface area contributed by atoms with Crippen LogP contribution in [-0.4, -0.2) is 67.6 Å². The first-order chi connectivity index (χ1) is 15.8. The van der Waals surface area contributed by atoms with Crippen LogP contribution in [-0.2, 0) is 27.9 Å². The summed E-state index contributed by atoms with van der Waals surface area (Å²) in [5.74, 6) is -0.0322. The minimum atomic E-state index is -3.38. The number of nitrogens with one attached hydrogen (secondary N) is 3. The van der Waals surface area contributed by atoms with Crippen LogP contribution in [0.1, 0.15) is 43.4 Å². The quantitative estimate of drug-likeness (QED) is 0.565. The van der Waals surface area contributed by atoms with Crippen LogP contribution in [0.5, 0.6) is 0 Å². The number of rotatable bonds is 6. The van der Waals surface area contributed by atoms with Crippen molar-refractivity contribution in [3.05, 3.63) is 35.7 Å². The number of carbonyl (C=O) groups is 2. The highest BCUT2D eigenvalue weighted by Gasteiger charge is 2.34. The number of sulfonamides is 1. The van der Waals surface area contributed by atoms with Crippen molar-refractivity contribution in [2.45, 2.75) is 46.3 Å². The van der Waals surface area contributed by atoms with E-state index < -0.39 is 27.4 Å². The predicted molar refractivity (Wildman–Crippen MR) is 132 cm³/mol. The molecular weight excluding hydrogens is 456 g/mol. The van der Waals surface area contributed by atoms with Crippen LogP contribution < -0.4 is 15.4 Å². The van der Waals surface area contributed by atoms with Crippen LogP contribution in [0.4, 0.5) is 5.69 Å². The molecule has 1 aromatic heterocycles. The van der Waals surface area contributed by atoms with E-state index in [1.165, 1.54) is 0 Å². The molecule has 2 amide bonds. The lowest BCUT2D eigenvalue weighted by molar-refractivity contribution is -0.124. The largest absolute Gasteiger partial charge is 0.357 e. The summed E-state index contributed by atoms with van der Waals surface area (Å²) >= 11 is 0. The van der Waals surface area contributed by atoms with E-state index in [0.29, 0.717) is 30.3 Å². The van der Waals surface area contributed by atoms with Crippen LogP contribution in [0.15, 0.2) is 24.3 Å². The topological polar surface area (TPSA) is 125 Å². The fraction of sp³-hybridized carbons (Fsp3) is 0.522. The molecule has 3 rings (SSSR count). The lowest BCUT2D eigenvalue weighted by Gasteiger charge is -2.29. The van der Waals surface area contributed by atoms with Gasteiger partial charge in [-0.15, -0.1) is 0 Å². The summed E-state index contributed by atoms with van der Waals surface area (Å²) in [6, 6.07) is 6.17. The van der Waals surface area contributed by atoms with Gasteiger partial charge in [0.05, 0.1) is 11.9 Å². The number of hydrogen-bond donors (Lipinski definition) is 3. The molecule has 0 fully saturated rings. The van der Waals surface area contributed by atoms with Gasteiger partial charge in [0.15, 0.2) is 5.69 Å². The van der Waals surface area contributed by atoms with E-state index in [4.69, 9.17) is 4.98 Å². The van der Waals surface area contributed by atoms with E-state index in [1.807, 2.05) is 32.4 Å². The summed E-state index contributed by atoms with van der Waals surface area (Å²) in [5.41, 5.74) is 1.80. The van der Waals surface area contributed by atoms with Crippen molar-refractivity contribution in [3.8, 4) is 11.4 Å². The molecule has 0 aliphatic carbocycles. The van der Waals surface area contributed by atoms with E-state index in [0.717, 1.165) is 30.5 Å². The molecule has 0 bridgehead atoms. The normalized spacial score (nSPS) is 15.7. The number of hydrogen-bond acceptors (Lipinski definition) is 6. The number of carbonyl (C=O) groups excluding carboxylic acids is 2. The van der Waals surface area contributed by atoms with Crippen LogP contribution in [0.3, 0.4) is 0 Å². The third kappa shape index (κ3) is 5.95. The van der Waals surface area contributed by atoms with Crippen molar-refractivity contribution in [2.24, 2.45) is 5.41 Å². The molecule has 3 N–H and O–H groups in total. The molecule has 2 aromatic rings. The molecule has 1 aromatic carbocycles. The average Bonchev–Trinajstić information content (AvgIpc) is 2.96. The Morgan fingerprint density at radius 1 is 1.12 bits per heavy atom. The number of nitrogens with zero attached hydrogens (tertiary/aromatic N) is 3. The number of likely N-dealkylation sites (N-methyl/N-ethyl adjacent to an activating group) is 1. The molecule has 10 nitrogen and oxygen atoms in total. The van der Waals surface area contributed by atoms with Crippen LogP contribution in [0.25, 0.3) is 11.4 Å². The van der Waals surface area contributed by atoms with Gasteiger partial charge in [0, 0.05) is 31.4 Å². The highest BCUT2D eigenvalue weighted by atomic mass is 32.2. The zero-order valence-electron chi connectivity index (χ0n) is 20.6. The standard InChI is InChI=1S/C23H34N6O4S/c1-23(2,3)19(22(31)24-4)26-21(30)18-17-14-28(5)12-7-13-29(17)20(25-18)15-8-10-16(11-9-15)27-34(6,32)33/h8-11,19,27H,7,12-14H2,1-6H3,(H,24,31)(H,26,30). The van der Waals surface area contributed by atoms with E-state index in [2.05, 4.69) is 20.3 Å². The van der Waals surface area contributed by atoms with Gasteiger partial charge in [-0.3, -0.25) is 14.3 Å². The van der Waals surface area contributed by atoms with Gasteiger partial charge in [-0.25, -0.2) is 13.4 Å². The average molecular weight is 491 g/mol. The third-order valence-corrected chi connectivity index (χ3v) is 6.33. The second-order valence-electron chi connectivity index (χ2n) is 9.81. The van der Waals surface area contributed by atoms with E-state index in [-0.39, 0.29) is 5.91 Å². The van der Waals surface area contributed by atoms with Gasteiger partial charge < -0.3 is 20.1 Å². The van der Waals surface area contributed by atoms with Gasteiger partial charge in [-0.1, -0.05) is 20.8 Å². The fourth-order valence-electron chi connectivity index (χ4n) is 4.04. The summed E-state index contributed by atoms with van der Waals surface area (Å²) < 4.78 is 27.5. The number of aromatic nitrogens is 2. The molecule has 11 heteroatoms. The smallest absolute Gasteiger partial charge is 0.272 e. The molecule has 0 saturated heterocycles. The maximum Gasteiger partial charge on any atom is 0.272 e. The fourth-order valence-corrected chi connectivity index (χ4v) is 4.61. The molecular formula is C23H34N6O4S. The third-order valence-electron chi connectivity index (χ3n) is 5.73. The summed E-state index contributed by atoms with van der Waals surface area (Å²) in [7, 11) is 0.163. The molecule has 0 spiro atoms. The van der Waals surface area contributed by atoms with Crippen LogP contribution in [0, 0.1) is 5.41 Å². The Hall–Kier alpha value is -2.92. The van der Waals surface area contributed by atoms with Gasteiger partial charge in [-0.2, -0.15) is 0 Å². The highest BCUT2D eigenvalue weighted by molar-refractivity contribution is 7.92. The molecule has 186 valence electrons. The summed E-state index contributed by atoms with van der Waals surface area (Å²) in [4.78, 5) is 32.7. The van der Waals surface area contributed by atoms with Crippen molar-refractivity contribution in [1.29, 1.82) is 0 Å². The van der Waals surface area contributed by atoms with Crippen molar-refractivity contribution < 1.29 is 18.0 Å². The zero-order chi connectivity index (χ0) is 25.3. The first-order valence-electron chi connectivity index (χ1n) is 11.2. The monoisotopic (exact) mass is 490 g/mol. The van der Waals surface area contributed by atoms with Gasteiger partial charge in [0.25, 0.3) is 5.91 Å². The summed E-state index contributed by atoms with van der Waals surface area (Å²) in [5, 5.41) is 5.51. The van der Waals surface area contributed by atoms with Gasteiger partial charge >= 0.3 is 0 Å². The lowest BCUT2D eigenvalue weighted by atomic mass is 9.86. The maximum atomic E-state index is 13.4. The zero-order valence-corrected chi connectivity index (χ0v) is 21.4. The second kappa shape index (κ2) is 9.75. The maximum absolute atomic E-state index is 13.4. The molecule has 0 radical (unpaired) electrons. The summed E-state index contributed by atoms with van der Waals surface area (Å²) in [6.45, 7) is 7.80. The number of amides is 2. The Labute approximate surface area is 201 Å². The Morgan fingerprint density at radius 3 is 2.32 bits per heavy atom. The number of imidazole rings is 1. The Balaban J connectivity index is 2.02. The first-order valence-corrected chi connectivity index (χ1v) is 13.1. The Morgan fingerprint density at radius 2 is 1.76 bits per heavy atom. The van der Waals surface area contributed by atoms with Crippen molar-refractivity contribution >= 4 is 27.5 Å². The Bertz CT molecular complexity index is 1170. The minimum absolute atomic E-state index is 0.266. The Kier molecular flexibility index (Phi) is 7.37. The van der Waals surface area contributed by atoms with Gasteiger partial charge in [0.2, 0.25) is 15.9 Å². The summed E-state index contributed by atoms with van der Waals surface area (Å²) in [6.07, 6.45) is 1.99. The van der Waals surface area contributed by atoms with Crippen molar-refractivity contribution in [1.82, 2.24) is 25.1 Å². The van der Waals surface area contributed by atoms with E-state index >= 15 is 0 Å². The molecule has 1 aliphatic heterocycles. The number of benzene rings is 1. The molecule has 34 heavy (non-hydrogen) atoms. The van der Waals surface area contributed by atoms with Crippen LogP contribution in [0.2, 0.25) is 0 Å². The van der Waals surface area contributed by atoms with E-state index in [1.54, 1.807) is 31.3 Å². The lowest BCUT2D eigenvalue weighted by Crippen LogP contribution is -2.53. The number of anilines is 1. The van der Waals surface area contributed by atoms with Crippen molar-refractivity contribution in [3.63, 3.8) is 0 Å². The van der Waals surface area contributed by atoms with Gasteiger partial charge in [-0.05, 0) is 49.7 Å².